The van der Waals surface area contributed by atoms with Gasteiger partial charge in [-0.1, -0.05) is 31.2 Å². The molecule has 3 aromatic rings. The highest BCUT2D eigenvalue weighted by atomic mass is 19.1. The molecule has 0 aliphatic heterocycles. The van der Waals surface area contributed by atoms with Crippen LogP contribution in [0.25, 0.3) is 0 Å². The van der Waals surface area contributed by atoms with E-state index in [0.717, 1.165) is 17.5 Å². The average Bonchev–Trinajstić information content (AvgIpc) is 2.71. The monoisotopic (exact) mass is 413 g/mol. The molecule has 0 aliphatic carbocycles. The zero-order valence-electron chi connectivity index (χ0n) is 16.5. The number of aromatic carboxylic acids is 1. The van der Waals surface area contributed by atoms with Gasteiger partial charge in [-0.15, -0.1) is 0 Å². The third kappa shape index (κ3) is 6.48. The van der Waals surface area contributed by atoms with Crippen molar-refractivity contribution in [3.63, 3.8) is 0 Å². The second-order valence-corrected chi connectivity index (χ2v) is 6.31. The molecular weight excluding hydrogens is 392 g/mol. The Labute approximate surface area is 173 Å². The number of halogens is 2. The number of carboxylic acid groups (broad SMARTS) is 1. The SMILES string of the molecule is CC(=O)Oc1cccnc1C(=O)O.CCC(c1ccc(F)cc1)c1ccc(F)cc1. The summed E-state index contributed by atoms with van der Waals surface area (Å²) >= 11 is 0. The summed E-state index contributed by atoms with van der Waals surface area (Å²) in [5.74, 6) is -2.11. The first-order valence-corrected chi connectivity index (χ1v) is 9.19. The Kier molecular flexibility index (Phi) is 8.17. The van der Waals surface area contributed by atoms with Crippen LogP contribution >= 0.6 is 0 Å². The molecule has 0 unspecified atom stereocenters. The first-order chi connectivity index (χ1) is 14.3. The van der Waals surface area contributed by atoms with E-state index in [2.05, 4.69) is 16.6 Å². The van der Waals surface area contributed by atoms with Crippen molar-refractivity contribution in [3.8, 4) is 5.75 Å². The molecule has 5 nitrogen and oxygen atoms in total. The number of hydrogen-bond donors (Lipinski definition) is 1. The molecule has 0 aliphatic rings. The van der Waals surface area contributed by atoms with Crippen LogP contribution in [0, 0.1) is 11.6 Å². The van der Waals surface area contributed by atoms with Crippen molar-refractivity contribution < 1.29 is 28.2 Å². The van der Waals surface area contributed by atoms with Crippen molar-refractivity contribution >= 4 is 11.9 Å². The minimum absolute atomic E-state index is 0.0394. The Morgan fingerprint density at radius 3 is 1.87 bits per heavy atom. The number of aromatic nitrogens is 1. The molecule has 156 valence electrons. The smallest absolute Gasteiger partial charge is 0.358 e. The molecule has 0 spiro atoms. The number of pyridine rings is 1. The number of benzene rings is 2. The van der Waals surface area contributed by atoms with Crippen molar-refractivity contribution in [3.05, 3.63) is 95.3 Å². The van der Waals surface area contributed by atoms with Gasteiger partial charge in [-0.05, 0) is 53.9 Å². The van der Waals surface area contributed by atoms with Gasteiger partial charge < -0.3 is 9.84 Å². The second-order valence-electron chi connectivity index (χ2n) is 6.31. The van der Waals surface area contributed by atoms with E-state index >= 15 is 0 Å². The topological polar surface area (TPSA) is 76.5 Å². The van der Waals surface area contributed by atoms with E-state index in [1.165, 1.54) is 49.5 Å². The van der Waals surface area contributed by atoms with Crippen molar-refractivity contribution in [1.29, 1.82) is 0 Å². The standard InChI is InChI=1S/C15H14F2.C8H7NO4/c1-2-15(11-3-7-13(16)8-4-11)12-5-9-14(17)10-6-12;1-5(10)13-6-3-2-4-9-7(6)8(11)12/h3-10,15H,2H2,1H3;2-4H,1H3,(H,11,12). The quantitative estimate of drug-likeness (QED) is 0.581. The van der Waals surface area contributed by atoms with Crippen LogP contribution in [0.5, 0.6) is 5.75 Å². The Morgan fingerprint density at radius 1 is 0.967 bits per heavy atom. The van der Waals surface area contributed by atoms with E-state index in [4.69, 9.17) is 5.11 Å². The Hall–Kier alpha value is -3.61. The molecule has 0 fully saturated rings. The van der Waals surface area contributed by atoms with Crippen LogP contribution < -0.4 is 4.74 Å². The highest BCUT2D eigenvalue weighted by Gasteiger charge is 2.13. The largest absolute Gasteiger partial charge is 0.476 e. The van der Waals surface area contributed by atoms with Crippen molar-refractivity contribution in [2.45, 2.75) is 26.2 Å². The third-order valence-electron chi connectivity index (χ3n) is 4.18. The van der Waals surface area contributed by atoms with Gasteiger partial charge in [-0.3, -0.25) is 4.79 Å². The summed E-state index contributed by atoms with van der Waals surface area (Å²) in [5.41, 5.74) is 1.85. The van der Waals surface area contributed by atoms with E-state index in [0.29, 0.717) is 0 Å². The van der Waals surface area contributed by atoms with Gasteiger partial charge in [0.05, 0.1) is 0 Å². The molecule has 0 saturated carbocycles. The van der Waals surface area contributed by atoms with Crippen LogP contribution in [0.3, 0.4) is 0 Å². The zero-order chi connectivity index (χ0) is 22.1. The Balaban J connectivity index is 0.000000222. The minimum atomic E-state index is -1.23. The number of hydrogen-bond acceptors (Lipinski definition) is 4. The van der Waals surface area contributed by atoms with Gasteiger partial charge in [0.2, 0.25) is 0 Å². The minimum Gasteiger partial charge on any atom is -0.476 e. The predicted octanol–water partition coefficient (Wildman–Crippen LogP) is 5.21. The summed E-state index contributed by atoms with van der Waals surface area (Å²) in [6.07, 6.45) is 2.22. The Morgan fingerprint density at radius 2 is 1.47 bits per heavy atom. The van der Waals surface area contributed by atoms with Crippen LogP contribution in [-0.2, 0) is 4.79 Å². The van der Waals surface area contributed by atoms with E-state index in [1.54, 1.807) is 24.3 Å². The van der Waals surface area contributed by atoms with Gasteiger partial charge >= 0.3 is 11.9 Å². The molecule has 7 heteroatoms. The van der Waals surface area contributed by atoms with Crippen LogP contribution in [0.15, 0.2) is 66.9 Å². The van der Waals surface area contributed by atoms with Gasteiger partial charge in [0.25, 0.3) is 0 Å². The molecule has 30 heavy (non-hydrogen) atoms. The van der Waals surface area contributed by atoms with Crippen molar-refractivity contribution in [1.82, 2.24) is 4.98 Å². The maximum atomic E-state index is 12.9. The van der Waals surface area contributed by atoms with Crippen molar-refractivity contribution in [2.75, 3.05) is 0 Å². The highest BCUT2D eigenvalue weighted by molar-refractivity contribution is 5.89. The fourth-order valence-corrected chi connectivity index (χ4v) is 2.84. The number of carbonyl (C=O) groups is 2. The van der Waals surface area contributed by atoms with E-state index in [1.807, 2.05) is 0 Å². The first-order valence-electron chi connectivity index (χ1n) is 9.19. The van der Waals surface area contributed by atoms with Gasteiger partial charge in [0.1, 0.15) is 11.6 Å². The molecule has 0 saturated heterocycles. The number of esters is 1. The Bertz CT molecular complexity index is 943. The van der Waals surface area contributed by atoms with E-state index in [9.17, 15) is 18.4 Å². The predicted molar refractivity (Wildman–Crippen MR) is 107 cm³/mol. The van der Waals surface area contributed by atoms with Crippen molar-refractivity contribution in [2.24, 2.45) is 0 Å². The molecule has 1 heterocycles. The normalized spacial score (nSPS) is 10.2. The fraction of sp³-hybridized carbons (Fsp3) is 0.174. The van der Waals surface area contributed by atoms with Gasteiger partial charge in [-0.25, -0.2) is 18.6 Å². The third-order valence-corrected chi connectivity index (χ3v) is 4.18. The molecule has 1 N–H and O–H groups in total. The summed E-state index contributed by atoms with van der Waals surface area (Å²) in [7, 11) is 0. The molecular formula is C23H21F2NO4. The lowest BCUT2D eigenvalue weighted by atomic mass is 9.89. The number of carbonyl (C=O) groups excluding carboxylic acids is 1. The number of ether oxygens (including phenoxy) is 1. The molecule has 0 radical (unpaired) electrons. The molecule has 3 rings (SSSR count). The zero-order valence-corrected chi connectivity index (χ0v) is 16.5. The van der Waals surface area contributed by atoms with Crippen LogP contribution in [0.1, 0.15) is 47.8 Å². The van der Waals surface area contributed by atoms with E-state index < -0.39 is 11.9 Å². The lowest BCUT2D eigenvalue weighted by Gasteiger charge is -2.15. The first kappa shape index (κ1) is 22.7. The molecule has 0 atom stereocenters. The lowest BCUT2D eigenvalue weighted by molar-refractivity contribution is -0.131. The van der Waals surface area contributed by atoms with E-state index in [-0.39, 0.29) is 29.0 Å². The van der Waals surface area contributed by atoms with Crippen LogP contribution in [0.4, 0.5) is 8.78 Å². The van der Waals surface area contributed by atoms with Gasteiger partial charge in [0, 0.05) is 19.0 Å². The van der Waals surface area contributed by atoms with Gasteiger partial charge in [-0.2, -0.15) is 0 Å². The van der Waals surface area contributed by atoms with Gasteiger partial charge in [0.15, 0.2) is 11.4 Å². The highest BCUT2D eigenvalue weighted by Crippen LogP contribution is 2.27. The second kappa shape index (κ2) is 10.8. The number of rotatable bonds is 5. The molecule has 0 amide bonds. The molecule has 2 aromatic carbocycles. The molecule has 0 bridgehead atoms. The summed E-state index contributed by atoms with van der Waals surface area (Å²) in [6.45, 7) is 3.26. The summed E-state index contributed by atoms with van der Waals surface area (Å²) in [6, 6.07) is 15.8. The maximum Gasteiger partial charge on any atom is 0.358 e. The average molecular weight is 413 g/mol. The summed E-state index contributed by atoms with van der Waals surface area (Å²) in [4.78, 5) is 24.6. The number of carboxylic acids is 1. The molecule has 1 aromatic heterocycles. The number of nitrogens with zero attached hydrogens (tertiary/aromatic N) is 1. The maximum absolute atomic E-state index is 12.9. The fourth-order valence-electron chi connectivity index (χ4n) is 2.84. The lowest BCUT2D eigenvalue weighted by Crippen LogP contribution is -2.08. The van der Waals surface area contributed by atoms with Crippen LogP contribution in [0.2, 0.25) is 0 Å². The van der Waals surface area contributed by atoms with Crippen LogP contribution in [-0.4, -0.2) is 22.0 Å². The summed E-state index contributed by atoms with van der Waals surface area (Å²) in [5, 5.41) is 8.62. The summed E-state index contributed by atoms with van der Waals surface area (Å²) < 4.78 is 30.3.